The van der Waals surface area contributed by atoms with Crippen molar-refractivity contribution in [3.8, 4) is 17.2 Å². The highest BCUT2D eigenvalue weighted by Gasteiger charge is 2.54. The third-order valence-corrected chi connectivity index (χ3v) is 7.67. The van der Waals surface area contributed by atoms with Crippen molar-refractivity contribution >= 4 is 23.0 Å². The normalized spacial score (nSPS) is 26.1. The summed E-state index contributed by atoms with van der Waals surface area (Å²) >= 11 is 0. The van der Waals surface area contributed by atoms with E-state index in [9.17, 15) is 20.1 Å². The molecule has 3 atom stereocenters. The first-order valence-electron chi connectivity index (χ1n) is 12.5. The minimum absolute atomic E-state index is 0.00577. The molecule has 0 radical (unpaired) electrons. The number of ether oxygens (including phenoxy) is 2. The van der Waals surface area contributed by atoms with Crippen molar-refractivity contribution in [2.45, 2.75) is 76.8 Å². The van der Waals surface area contributed by atoms with E-state index in [0.29, 0.717) is 11.8 Å². The molecule has 8 heteroatoms. The van der Waals surface area contributed by atoms with Gasteiger partial charge in [-0.1, -0.05) is 17.7 Å². The number of phenols is 3. The fourth-order valence-electron chi connectivity index (χ4n) is 5.09. The monoisotopic (exact) mass is 494 g/mol. The Morgan fingerprint density at radius 3 is 2.53 bits per heavy atom. The first-order chi connectivity index (χ1) is 17.0. The van der Waals surface area contributed by atoms with E-state index in [0.717, 1.165) is 31.3 Å². The Balaban J connectivity index is 1.27. The number of phenolic OH excluding ortho intramolecular Hbond substituents is 3. The Hall–Kier alpha value is -3.23. The molecular weight excluding hydrogens is 460 g/mol. The summed E-state index contributed by atoms with van der Waals surface area (Å²) in [5.41, 5.74) is 2.11. The lowest BCUT2D eigenvalue weighted by Crippen LogP contribution is -2.30. The number of para-hydroxylation sites is 1. The maximum Gasteiger partial charge on any atom is 0.260 e. The molecule has 0 bridgehead atoms. The molecule has 5 rings (SSSR count). The van der Waals surface area contributed by atoms with Gasteiger partial charge < -0.3 is 35.0 Å². The first-order valence-corrected chi connectivity index (χ1v) is 12.5. The summed E-state index contributed by atoms with van der Waals surface area (Å²) in [7, 11) is 0. The van der Waals surface area contributed by atoms with Crippen LogP contribution >= 0.6 is 0 Å². The summed E-state index contributed by atoms with van der Waals surface area (Å²) in [6.45, 7) is 8.67. The van der Waals surface area contributed by atoms with E-state index in [-0.39, 0.29) is 63.9 Å². The average Bonchev–Trinajstić information content (AvgIpc) is 3.67. The molecule has 3 aliphatic rings. The molecule has 36 heavy (non-hydrogen) atoms. The van der Waals surface area contributed by atoms with Gasteiger partial charge in [0, 0.05) is 18.7 Å². The zero-order valence-corrected chi connectivity index (χ0v) is 21.2. The molecule has 0 saturated carbocycles. The number of allylic oxidation sites excluding steroid dienone is 1. The number of anilines is 3. The van der Waals surface area contributed by atoms with Crippen LogP contribution in [0.1, 0.15) is 63.7 Å². The van der Waals surface area contributed by atoms with Gasteiger partial charge in [0.1, 0.15) is 22.9 Å². The molecule has 2 unspecified atom stereocenters. The number of rotatable bonds is 8. The third kappa shape index (κ3) is 4.63. The minimum Gasteiger partial charge on any atom is -0.508 e. The Bertz CT molecular complexity index is 1240. The second-order valence-corrected chi connectivity index (χ2v) is 10.9. The molecule has 2 saturated heterocycles. The molecule has 2 aromatic carbocycles. The lowest BCUT2D eigenvalue weighted by atomic mass is 9.94. The van der Waals surface area contributed by atoms with Gasteiger partial charge in [-0.3, -0.25) is 4.79 Å². The second-order valence-electron chi connectivity index (χ2n) is 10.9. The van der Waals surface area contributed by atoms with E-state index in [1.165, 1.54) is 23.1 Å². The zero-order chi connectivity index (χ0) is 25.8. The van der Waals surface area contributed by atoms with Crippen molar-refractivity contribution in [3.63, 3.8) is 0 Å². The van der Waals surface area contributed by atoms with E-state index < -0.39 is 0 Å². The van der Waals surface area contributed by atoms with E-state index in [4.69, 9.17) is 9.47 Å². The molecule has 192 valence electrons. The molecule has 2 aromatic rings. The number of amides is 1. The number of hydrogen-bond donors (Lipinski definition) is 4. The van der Waals surface area contributed by atoms with Gasteiger partial charge in [-0.2, -0.15) is 0 Å². The fourth-order valence-corrected chi connectivity index (χ4v) is 5.09. The van der Waals surface area contributed by atoms with Gasteiger partial charge in [0.2, 0.25) is 0 Å². The second kappa shape index (κ2) is 8.71. The van der Waals surface area contributed by atoms with Crippen molar-refractivity contribution in [2.75, 3.05) is 16.8 Å². The predicted octanol–water partition coefficient (Wildman–Crippen LogP) is 5.35. The van der Waals surface area contributed by atoms with Crippen LogP contribution in [-0.4, -0.2) is 51.2 Å². The molecule has 8 nitrogen and oxygen atoms in total. The van der Waals surface area contributed by atoms with Crippen molar-refractivity contribution in [1.29, 1.82) is 0 Å². The topological polar surface area (TPSA) is 118 Å². The molecular formula is C28H34N2O6. The SMILES string of the molecule is C/C(=C\CN1C(=O)c2cccc(O)c2Nc2c(O)cc(O)cc21)CCC1OC1(C)CC[C@@H]1OC1(C)C. The van der Waals surface area contributed by atoms with Gasteiger partial charge in [-0.05, 0) is 65.5 Å². The van der Waals surface area contributed by atoms with Crippen molar-refractivity contribution in [3.05, 3.63) is 47.5 Å². The molecule has 1 amide bonds. The van der Waals surface area contributed by atoms with E-state index in [1.54, 1.807) is 12.1 Å². The van der Waals surface area contributed by atoms with Crippen LogP contribution in [0.15, 0.2) is 42.0 Å². The Labute approximate surface area is 211 Å². The van der Waals surface area contributed by atoms with Gasteiger partial charge in [0.05, 0.1) is 40.3 Å². The number of carbonyl (C=O) groups is 1. The molecule has 0 aliphatic carbocycles. The van der Waals surface area contributed by atoms with Crippen LogP contribution in [0.2, 0.25) is 0 Å². The van der Waals surface area contributed by atoms with E-state index in [1.807, 2.05) is 13.0 Å². The van der Waals surface area contributed by atoms with Crippen LogP contribution in [0.5, 0.6) is 17.2 Å². The summed E-state index contributed by atoms with van der Waals surface area (Å²) in [4.78, 5) is 15.0. The molecule has 3 aliphatic heterocycles. The van der Waals surface area contributed by atoms with Crippen LogP contribution in [-0.2, 0) is 9.47 Å². The predicted molar refractivity (Wildman–Crippen MR) is 137 cm³/mol. The maximum atomic E-state index is 13.5. The van der Waals surface area contributed by atoms with Gasteiger partial charge >= 0.3 is 0 Å². The number of nitrogens with one attached hydrogen (secondary N) is 1. The third-order valence-electron chi connectivity index (χ3n) is 7.67. The number of nitrogens with zero attached hydrogens (tertiary/aromatic N) is 1. The first kappa shape index (κ1) is 24.5. The van der Waals surface area contributed by atoms with Crippen LogP contribution in [0.4, 0.5) is 17.1 Å². The van der Waals surface area contributed by atoms with Crippen LogP contribution < -0.4 is 10.2 Å². The average molecular weight is 495 g/mol. The van der Waals surface area contributed by atoms with Crippen LogP contribution in [0.3, 0.4) is 0 Å². The van der Waals surface area contributed by atoms with E-state index >= 15 is 0 Å². The highest BCUT2D eigenvalue weighted by molar-refractivity contribution is 6.15. The lowest BCUT2D eigenvalue weighted by molar-refractivity contribution is 0.0991. The van der Waals surface area contributed by atoms with Gasteiger partial charge in [-0.25, -0.2) is 0 Å². The minimum atomic E-state index is -0.343. The van der Waals surface area contributed by atoms with Gasteiger partial charge in [0.25, 0.3) is 5.91 Å². The summed E-state index contributed by atoms with van der Waals surface area (Å²) in [6.07, 6.45) is 6.26. The number of hydrogen-bond acceptors (Lipinski definition) is 7. The zero-order valence-electron chi connectivity index (χ0n) is 21.2. The number of carbonyl (C=O) groups excluding carboxylic acids is 1. The van der Waals surface area contributed by atoms with Crippen molar-refractivity contribution in [2.24, 2.45) is 0 Å². The standard InChI is InChI=1S/C28H34N2O6/c1-16(8-9-23-28(4,36-23)12-10-22-27(2,3)35-22)11-13-30-19-14-17(31)15-21(33)25(19)29-24-18(26(30)34)6-5-7-20(24)32/h5-7,11,14-15,22-23,29,31-33H,8-10,12-13H2,1-4H3/b16-11+/t22-,23?,28?/m0/s1. The summed E-state index contributed by atoms with van der Waals surface area (Å²) in [5, 5.41) is 33.9. The molecule has 0 spiro atoms. The molecule has 2 fully saturated rings. The summed E-state index contributed by atoms with van der Waals surface area (Å²) < 4.78 is 11.7. The summed E-state index contributed by atoms with van der Waals surface area (Å²) in [5.74, 6) is -0.821. The largest absolute Gasteiger partial charge is 0.508 e. The number of aromatic hydroxyl groups is 3. The molecule has 4 N–H and O–H groups in total. The smallest absolute Gasteiger partial charge is 0.260 e. The van der Waals surface area contributed by atoms with Gasteiger partial charge in [0.15, 0.2) is 0 Å². The lowest BCUT2D eigenvalue weighted by Gasteiger charge is -2.22. The molecule has 0 aromatic heterocycles. The quantitative estimate of drug-likeness (QED) is 0.169. The highest BCUT2D eigenvalue weighted by atomic mass is 16.6. The van der Waals surface area contributed by atoms with Crippen LogP contribution in [0, 0.1) is 0 Å². The Morgan fingerprint density at radius 2 is 1.81 bits per heavy atom. The Kier molecular flexibility index (Phi) is 5.92. The Morgan fingerprint density at radius 1 is 1.06 bits per heavy atom. The van der Waals surface area contributed by atoms with Crippen molar-refractivity contribution < 1.29 is 29.6 Å². The number of epoxide rings is 2. The highest BCUT2D eigenvalue weighted by Crippen LogP contribution is 2.48. The van der Waals surface area contributed by atoms with Gasteiger partial charge in [-0.15, -0.1) is 0 Å². The van der Waals surface area contributed by atoms with Crippen molar-refractivity contribution in [1.82, 2.24) is 0 Å². The molecule has 3 heterocycles. The number of benzene rings is 2. The van der Waals surface area contributed by atoms with Crippen LogP contribution in [0.25, 0.3) is 0 Å². The fraction of sp³-hybridized carbons (Fsp3) is 0.464. The summed E-state index contributed by atoms with van der Waals surface area (Å²) in [6, 6.07) is 7.32. The van der Waals surface area contributed by atoms with E-state index in [2.05, 4.69) is 26.1 Å². The number of fused-ring (bicyclic) bond motifs is 2. The maximum absolute atomic E-state index is 13.5.